The van der Waals surface area contributed by atoms with Crippen LogP contribution in [-0.4, -0.2) is 109 Å². The lowest BCUT2D eigenvalue weighted by Gasteiger charge is -2.47. The molecule has 9 rings (SSSR count). The molecule has 3 N–H and O–H groups in total. The highest BCUT2D eigenvalue weighted by atomic mass is 16.2. The van der Waals surface area contributed by atoms with Crippen molar-refractivity contribution in [3.05, 3.63) is 71.2 Å². The van der Waals surface area contributed by atoms with Gasteiger partial charge in [0.2, 0.25) is 11.8 Å². The molecule has 1 aromatic carbocycles. The Morgan fingerprint density at radius 2 is 1.62 bits per heavy atom. The van der Waals surface area contributed by atoms with Crippen molar-refractivity contribution in [1.82, 2.24) is 40.2 Å². The fourth-order valence-corrected chi connectivity index (χ4v) is 9.93. The second kappa shape index (κ2) is 16.1. The van der Waals surface area contributed by atoms with Crippen LogP contribution in [0.15, 0.2) is 48.9 Å². The van der Waals surface area contributed by atoms with Crippen LogP contribution in [0.1, 0.15) is 115 Å². The molecule has 5 aliphatic rings. The van der Waals surface area contributed by atoms with Gasteiger partial charge in [-0.1, -0.05) is 12.8 Å². The largest absolute Gasteiger partial charge is 0.382 e. The lowest BCUT2D eigenvalue weighted by Crippen LogP contribution is -2.58. The molecule has 0 spiro atoms. The minimum absolute atomic E-state index is 0.0633. The molecule has 4 aromatic rings. The number of aromatic nitrogens is 4. The van der Waals surface area contributed by atoms with E-state index in [0.717, 1.165) is 92.7 Å². The van der Waals surface area contributed by atoms with Crippen LogP contribution in [0, 0.1) is 17.2 Å². The Hall–Kier alpha value is -6.21. The topological polar surface area (TPSA) is 199 Å². The first-order chi connectivity index (χ1) is 29.0. The lowest BCUT2D eigenvalue weighted by molar-refractivity contribution is -0.136. The molecule has 0 radical (unpaired) electrons. The molecular weight excluding hydrogens is 763 g/mol. The number of carbonyl (C=O) groups is 5. The van der Waals surface area contributed by atoms with E-state index in [0.29, 0.717) is 34.1 Å². The molecule has 16 heteroatoms. The summed E-state index contributed by atoms with van der Waals surface area (Å²) in [6, 6.07) is 10.9. The van der Waals surface area contributed by atoms with Crippen LogP contribution in [0.5, 0.6) is 0 Å². The van der Waals surface area contributed by atoms with E-state index < -0.39 is 29.7 Å². The van der Waals surface area contributed by atoms with Crippen LogP contribution >= 0.6 is 0 Å². The summed E-state index contributed by atoms with van der Waals surface area (Å²) in [7, 11) is 0. The highest BCUT2D eigenvalue weighted by Crippen LogP contribution is 2.34. The third-order valence-corrected chi connectivity index (χ3v) is 13.1. The van der Waals surface area contributed by atoms with Crippen LogP contribution in [0.4, 0.5) is 11.4 Å². The van der Waals surface area contributed by atoms with E-state index in [1.54, 1.807) is 35.3 Å². The van der Waals surface area contributed by atoms with Crippen molar-refractivity contribution in [1.29, 1.82) is 5.26 Å². The predicted molar refractivity (Wildman–Crippen MR) is 221 cm³/mol. The summed E-state index contributed by atoms with van der Waals surface area (Å²) in [4.78, 5) is 79.8. The molecule has 4 fully saturated rings. The number of nitrogens with one attached hydrogen (secondary N) is 3. The Morgan fingerprint density at radius 3 is 2.35 bits per heavy atom. The van der Waals surface area contributed by atoms with Crippen molar-refractivity contribution in [3.8, 4) is 11.9 Å². The molecule has 3 atom stereocenters. The third kappa shape index (κ3) is 7.46. The summed E-state index contributed by atoms with van der Waals surface area (Å²) < 4.78 is 1.64. The fraction of sp³-hybridized carbons (Fsp3) is 0.477. The number of nitriles is 1. The Bertz CT molecular complexity index is 2420. The molecule has 2 aliphatic carbocycles. The van der Waals surface area contributed by atoms with E-state index in [4.69, 9.17) is 0 Å². The number of carbonyl (C=O) groups excluding carboxylic acids is 5. The molecule has 2 saturated carbocycles. The van der Waals surface area contributed by atoms with Gasteiger partial charge in [0, 0.05) is 79.8 Å². The van der Waals surface area contributed by atoms with E-state index in [9.17, 15) is 29.2 Å². The van der Waals surface area contributed by atoms with Crippen molar-refractivity contribution < 1.29 is 24.0 Å². The average Bonchev–Trinajstić information content (AvgIpc) is 3.98. The Balaban J connectivity index is 0.808. The second-order valence-electron chi connectivity index (χ2n) is 17.2. The number of hydrogen-bond acceptors (Lipinski definition) is 12. The van der Waals surface area contributed by atoms with Crippen molar-refractivity contribution in [2.45, 2.75) is 108 Å². The molecule has 6 heterocycles. The van der Waals surface area contributed by atoms with E-state index in [2.05, 4.69) is 60.7 Å². The lowest BCUT2D eigenvalue weighted by atomic mass is 9.85. The normalized spacial score (nSPS) is 25.1. The van der Waals surface area contributed by atoms with Crippen molar-refractivity contribution in [3.63, 3.8) is 0 Å². The van der Waals surface area contributed by atoms with Gasteiger partial charge in [-0.3, -0.25) is 39.1 Å². The Kier molecular flexibility index (Phi) is 10.5. The van der Waals surface area contributed by atoms with Gasteiger partial charge >= 0.3 is 0 Å². The summed E-state index contributed by atoms with van der Waals surface area (Å²) in [5.41, 5.74) is 3.72. The van der Waals surface area contributed by atoms with Gasteiger partial charge in [0.1, 0.15) is 12.1 Å². The molecule has 16 nitrogen and oxygen atoms in total. The number of hydrogen-bond donors (Lipinski definition) is 3. The van der Waals surface area contributed by atoms with Crippen molar-refractivity contribution in [2.75, 3.05) is 29.9 Å². The van der Waals surface area contributed by atoms with Gasteiger partial charge in [-0.05, 0) is 89.0 Å². The molecule has 3 aliphatic heterocycles. The first-order valence-corrected chi connectivity index (χ1v) is 21.2. The highest BCUT2D eigenvalue weighted by molar-refractivity contribution is 6.23. The van der Waals surface area contributed by atoms with E-state index in [1.165, 1.54) is 6.20 Å². The van der Waals surface area contributed by atoms with Crippen LogP contribution in [-0.2, 0) is 9.59 Å². The van der Waals surface area contributed by atoms with Gasteiger partial charge in [0.05, 0.1) is 34.1 Å². The molecule has 0 bridgehead atoms. The minimum atomic E-state index is -0.990. The second-order valence-corrected chi connectivity index (χ2v) is 17.2. The number of piperidine rings is 1. The quantitative estimate of drug-likeness (QED) is 0.203. The van der Waals surface area contributed by atoms with Gasteiger partial charge < -0.3 is 15.5 Å². The molecule has 5 amide bonds. The standard InChI is InChI=1S/C44H49N11O5/c1-25-22-52(32-11-12-33-34(16-32)44(60)54(43(33)59)37-13-14-39(56)51-42(37)58)23-26(2)53(25)24-27-7-9-31(10-8-27)50-41(57)35-21-46-38(17-36(35)49-30-5-3-4-6-30)55-40-29(20-48-55)15-28(18-45)19-47-40/h11-12,15-17,19-21,25-27,30-31,37H,3-10,13-14,22-24H2,1-2H3,(H,46,49)(H,50,57)(H,51,56,58)/t25-,26-,27?,31?,37?/m0/s1. The van der Waals surface area contributed by atoms with Gasteiger partial charge in [-0.15, -0.1) is 0 Å². The number of anilines is 2. The first kappa shape index (κ1) is 39.3. The number of imide groups is 2. The molecule has 2 saturated heterocycles. The van der Waals surface area contributed by atoms with Crippen LogP contribution < -0.4 is 20.9 Å². The molecule has 1 unspecified atom stereocenters. The summed E-state index contributed by atoms with van der Waals surface area (Å²) in [5.74, 6) is -1.11. The highest BCUT2D eigenvalue weighted by Gasteiger charge is 2.45. The number of amides is 5. The number of rotatable bonds is 9. The van der Waals surface area contributed by atoms with Crippen LogP contribution in [0.2, 0.25) is 0 Å². The fourth-order valence-electron chi connectivity index (χ4n) is 9.93. The Morgan fingerprint density at radius 1 is 0.867 bits per heavy atom. The maximum Gasteiger partial charge on any atom is 0.262 e. The van der Waals surface area contributed by atoms with Gasteiger partial charge in [-0.25, -0.2) is 9.97 Å². The molecule has 60 heavy (non-hydrogen) atoms. The number of benzene rings is 1. The van der Waals surface area contributed by atoms with Gasteiger partial charge in [-0.2, -0.15) is 15.0 Å². The zero-order valence-electron chi connectivity index (χ0n) is 33.9. The number of nitrogens with zero attached hydrogens (tertiary/aromatic N) is 8. The number of pyridine rings is 2. The van der Waals surface area contributed by atoms with E-state index in [-0.39, 0.29) is 48.5 Å². The predicted octanol–water partition coefficient (Wildman–Crippen LogP) is 4.33. The summed E-state index contributed by atoms with van der Waals surface area (Å²) in [6.45, 7) is 6.94. The minimum Gasteiger partial charge on any atom is -0.382 e. The summed E-state index contributed by atoms with van der Waals surface area (Å²) >= 11 is 0. The zero-order valence-corrected chi connectivity index (χ0v) is 33.9. The molecular formula is C44H49N11O5. The maximum atomic E-state index is 13.9. The third-order valence-electron chi connectivity index (χ3n) is 13.1. The van der Waals surface area contributed by atoms with Crippen LogP contribution in [0.3, 0.4) is 0 Å². The maximum absolute atomic E-state index is 13.9. The summed E-state index contributed by atoms with van der Waals surface area (Å²) in [6.07, 6.45) is 13.2. The molecule has 310 valence electrons. The van der Waals surface area contributed by atoms with Crippen molar-refractivity contribution in [2.24, 2.45) is 5.92 Å². The average molecular weight is 812 g/mol. The Labute approximate surface area is 347 Å². The van der Waals surface area contributed by atoms with Gasteiger partial charge in [0.15, 0.2) is 11.5 Å². The summed E-state index contributed by atoms with van der Waals surface area (Å²) in [5, 5.41) is 23.7. The van der Waals surface area contributed by atoms with Crippen LogP contribution in [0.25, 0.3) is 16.9 Å². The zero-order chi connectivity index (χ0) is 41.7. The van der Waals surface area contributed by atoms with Gasteiger partial charge in [0.25, 0.3) is 17.7 Å². The monoisotopic (exact) mass is 811 g/mol. The first-order valence-electron chi connectivity index (χ1n) is 21.2. The SMILES string of the molecule is C[C@H]1CN(c2ccc3c(c2)C(=O)N(C2CCC(=O)NC2=O)C3=O)C[C@H](C)N1CC1CCC(NC(=O)c2cnc(-n3ncc4cc(C#N)cnc43)cc2NC2CCCC2)CC1. The number of fused-ring (bicyclic) bond motifs is 2. The van der Waals surface area contributed by atoms with Crippen molar-refractivity contribution >= 4 is 51.9 Å². The number of piperazine rings is 1. The smallest absolute Gasteiger partial charge is 0.262 e. The molecule has 3 aromatic heterocycles. The van der Waals surface area contributed by atoms with E-state index in [1.807, 2.05) is 12.1 Å². The van der Waals surface area contributed by atoms with E-state index >= 15 is 0 Å².